The Kier molecular flexibility index (Phi) is 5.67. The van der Waals surface area contributed by atoms with Crippen LogP contribution in [-0.2, 0) is 0 Å². The van der Waals surface area contributed by atoms with E-state index in [-0.39, 0.29) is 11.5 Å². The zero-order valence-corrected chi connectivity index (χ0v) is 16.0. The summed E-state index contributed by atoms with van der Waals surface area (Å²) in [7, 11) is 1.59. The lowest BCUT2D eigenvalue weighted by Gasteiger charge is -2.04. The minimum absolute atomic E-state index is 0.134. The first-order valence-corrected chi connectivity index (χ1v) is 9.31. The number of carbonyl (C=O) groups is 1. The van der Waals surface area contributed by atoms with Crippen LogP contribution in [0.25, 0.3) is 0 Å². The van der Waals surface area contributed by atoms with Gasteiger partial charge in [-0.1, -0.05) is 17.4 Å². The molecule has 27 heavy (non-hydrogen) atoms. The van der Waals surface area contributed by atoms with Crippen LogP contribution in [0.4, 0.5) is 16.5 Å². The van der Waals surface area contributed by atoms with Crippen molar-refractivity contribution in [3.05, 3.63) is 58.1 Å². The molecule has 138 valence electrons. The topological polar surface area (TPSA) is 107 Å². The van der Waals surface area contributed by atoms with Gasteiger partial charge in [-0.3, -0.25) is 14.9 Å². The number of ketones is 1. The molecule has 0 aliphatic rings. The average molecular weight is 402 g/mol. The lowest BCUT2D eigenvalue weighted by molar-refractivity contribution is -0.387. The van der Waals surface area contributed by atoms with Gasteiger partial charge >= 0.3 is 0 Å². The van der Waals surface area contributed by atoms with E-state index in [1.807, 2.05) is 24.3 Å². The number of ether oxygens (including phenoxy) is 1. The van der Waals surface area contributed by atoms with E-state index in [0.29, 0.717) is 25.7 Å². The van der Waals surface area contributed by atoms with Crippen LogP contribution < -0.4 is 10.1 Å². The van der Waals surface area contributed by atoms with Gasteiger partial charge in [-0.05, 0) is 43.0 Å². The quantitative estimate of drug-likeness (QED) is 0.348. The zero-order valence-electron chi connectivity index (χ0n) is 14.3. The third-order valence-corrected chi connectivity index (χ3v) is 5.44. The van der Waals surface area contributed by atoms with Gasteiger partial charge in [-0.25, -0.2) is 0 Å². The number of hydrogen-bond donors (Lipinski definition) is 1. The third kappa shape index (κ3) is 4.60. The molecule has 0 unspecified atom stereocenters. The van der Waals surface area contributed by atoms with Crippen molar-refractivity contribution in [3.63, 3.8) is 0 Å². The number of nitro benzene ring substituents is 1. The van der Waals surface area contributed by atoms with Crippen LogP contribution in [0.1, 0.15) is 17.3 Å². The summed E-state index contributed by atoms with van der Waals surface area (Å²) in [6.07, 6.45) is 0. The number of methoxy groups -OCH3 is 1. The zero-order chi connectivity index (χ0) is 19.4. The number of rotatable bonds is 7. The fourth-order valence-corrected chi connectivity index (χ4v) is 4.00. The average Bonchev–Trinajstić information content (AvgIpc) is 3.08. The van der Waals surface area contributed by atoms with Gasteiger partial charge in [0.1, 0.15) is 5.75 Å². The normalized spacial score (nSPS) is 10.4. The molecule has 0 amide bonds. The van der Waals surface area contributed by atoms with Crippen LogP contribution in [0, 0.1) is 10.1 Å². The van der Waals surface area contributed by atoms with Crippen molar-refractivity contribution in [2.24, 2.45) is 0 Å². The fourth-order valence-electron chi connectivity index (χ4n) is 2.19. The monoisotopic (exact) mass is 402 g/mol. The van der Waals surface area contributed by atoms with E-state index in [1.165, 1.54) is 24.3 Å². The van der Waals surface area contributed by atoms with E-state index in [9.17, 15) is 14.9 Å². The van der Waals surface area contributed by atoms with Crippen molar-refractivity contribution >= 4 is 45.4 Å². The fraction of sp³-hybridized carbons (Fsp3) is 0.118. The maximum atomic E-state index is 11.4. The van der Waals surface area contributed by atoms with E-state index < -0.39 is 4.92 Å². The molecular formula is C17H14N4O4S2. The molecule has 0 atom stereocenters. The molecule has 0 saturated carbocycles. The number of nitrogens with zero attached hydrogens (tertiary/aromatic N) is 3. The summed E-state index contributed by atoms with van der Waals surface area (Å²) in [6, 6.07) is 11.8. The molecule has 2 aromatic carbocycles. The minimum atomic E-state index is -0.509. The Bertz CT molecular complexity index is 1010. The van der Waals surface area contributed by atoms with Crippen molar-refractivity contribution in [2.45, 2.75) is 16.2 Å². The number of hydrogen-bond acceptors (Lipinski definition) is 9. The highest BCUT2D eigenvalue weighted by molar-refractivity contribution is 8.01. The molecule has 8 nitrogen and oxygen atoms in total. The highest BCUT2D eigenvalue weighted by atomic mass is 32.2. The maximum absolute atomic E-state index is 11.4. The Hall–Kier alpha value is -2.98. The van der Waals surface area contributed by atoms with Gasteiger partial charge in [0, 0.05) is 23.4 Å². The van der Waals surface area contributed by atoms with Crippen LogP contribution in [-0.4, -0.2) is 28.0 Å². The second-order valence-corrected chi connectivity index (χ2v) is 7.59. The molecule has 10 heteroatoms. The lowest BCUT2D eigenvalue weighted by atomic mass is 10.1. The van der Waals surface area contributed by atoms with Gasteiger partial charge in [0.2, 0.25) is 5.13 Å². The predicted molar refractivity (Wildman–Crippen MR) is 103 cm³/mol. The summed E-state index contributed by atoms with van der Waals surface area (Å²) in [5.74, 6) is 0.482. The Morgan fingerprint density at radius 2 is 2.07 bits per heavy atom. The van der Waals surface area contributed by atoms with Crippen molar-refractivity contribution in [1.29, 1.82) is 0 Å². The Morgan fingerprint density at radius 1 is 1.26 bits per heavy atom. The van der Waals surface area contributed by atoms with Crippen molar-refractivity contribution in [3.8, 4) is 5.75 Å². The van der Waals surface area contributed by atoms with Gasteiger partial charge < -0.3 is 10.1 Å². The van der Waals surface area contributed by atoms with E-state index in [1.54, 1.807) is 19.2 Å². The van der Waals surface area contributed by atoms with E-state index >= 15 is 0 Å². The first-order valence-electron chi connectivity index (χ1n) is 7.68. The second kappa shape index (κ2) is 8.14. The molecule has 1 aromatic heterocycles. The molecule has 0 bridgehead atoms. The summed E-state index contributed by atoms with van der Waals surface area (Å²) >= 11 is 2.40. The summed E-state index contributed by atoms with van der Waals surface area (Å²) in [5.41, 5.74) is 0.952. The summed E-state index contributed by atoms with van der Waals surface area (Å²) in [6.45, 7) is 1.37. The number of aromatic nitrogens is 2. The van der Waals surface area contributed by atoms with Gasteiger partial charge in [-0.2, -0.15) is 0 Å². The smallest absolute Gasteiger partial charge is 0.284 e. The minimum Gasteiger partial charge on any atom is -0.497 e. The first-order chi connectivity index (χ1) is 13.0. The molecule has 1 heterocycles. The lowest BCUT2D eigenvalue weighted by Crippen LogP contribution is -1.96. The molecule has 3 aromatic rings. The summed E-state index contributed by atoms with van der Waals surface area (Å²) in [4.78, 5) is 22.7. The first kappa shape index (κ1) is 18.8. The van der Waals surface area contributed by atoms with Crippen molar-refractivity contribution < 1.29 is 14.5 Å². The van der Waals surface area contributed by atoms with E-state index in [0.717, 1.165) is 17.4 Å². The largest absolute Gasteiger partial charge is 0.497 e. The van der Waals surface area contributed by atoms with Crippen LogP contribution in [0.15, 0.2) is 51.7 Å². The number of nitrogens with one attached hydrogen (secondary N) is 1. The maximum Gasteiger partial charge on any atom is 0.284 e. The molecule has 1 N–H and O–H groups in total. The van der Waals surface area contributed by atoms with Crippen LogP contribution in [0.5, 0.6) is 5.75 Å². The number of anilines is 2. The Labute approximate surface area is 162 Å². The van der Waals surface area contributed by atoms with E-state index in [2.05, 4.69) is 15.5 Å². The molecule has 0 aliphatic carbocycles. The summed E-state index contributed by atoms with van der Waals surface area (Å²) in [5, 5.41) is 23.1. The van der Waals surface area contributed by atoms with Gasteiger partial charge in [-0.15, -0.1) is 10.2 Å². The molecular weight excluding hydrogens is 388 g/mol. The summed E-state index contributed by atoms with van der Waals surface area (Å²) < 4.78 is 5.72. The van der Waals surface area contributed by atoms with Crippen molar-refractivity contribution in [2.75, 3.05) is 12.4 Å². The van der Waals surface area contributed by atoms with Crippen molar-refractivity contribution in [1.82, 2.24) is 10.2 Å². The molecule has 0 radical (unpaired) electrons. The number of nitro groups is 1. The Balaban J connectivity index is 1.79. The van der Waals surface area contributed by atoms with E-state index in [4.69, 9.17) is 4.74 Å². The Morgan fingerprint density at radius 3 is 2.78 bits per heavy atom. The molecule has 0 saturated heterocycles. The molecule has 0 aliphatic heterocycles. The van der Waals surface area contributed by atoms with Gasteiger partial charge in [0.15, 0.2) is 10.1 Å². The third-order valence-electron chi connectivity index (χ3n) is 3.49. The highest BCUT2D eigenvalue weighted by Crippen LogP contribution is 2.38. The predicted octanol–water partition coefficient (Wildman–Crippen LogP) is 4.55. The standard InChI is InChI=1S/C17H14N4O4S2/c1-10(22)11-6-7-15(14(8-11)21(23)24)26-17-20-19-16(27-17)18-12-4-3-5-13(9-12)25-2/h3-9H,1-2H3,(H,18,19). The van der Waals surface area contributed by atoms with Crippen LogP contribution in [0.2, 0.25) is 0 Å². The molecule has 3 rings (SSSR count). The van der Waals surface area contributed by atoms with Crippen LogP contribution >= 0.6 is 23.1 Å². The SMILES string of the molecule is COc1cccc(Nc2nnc(Sc3ccc(C(C)=O)cc3[N+](=O)[O-])s2)c1. The number of benzene rings is 2. The van der Waals surface area contributed by atoms with Crippen LogP contribution in [0.3, 0.4) is 0 Å². The number of carbonyl (C=O) groups excluding carboxylic acids is 1. The van der Waals surface area contributed by atoms with Gasteiger partial charge in [0.25, 0.3) is 5.69 Å². The highest BCUT2D eigenvalue weighted by Gasteiger charge is 2.19. The van der Waals surface area contributed by atoms with Gasteiger partial charge in [0.05, 0.1) is 16.9 Å². The second-order valence-electron chi connectivity index (χ2n) is 5.33. The molecule has 0 spiro atoms. The number of Topliss-reactive ketones (excluding diaryl/α,β-unsaturated/α-hetero) is 1. The molecule has 0 fully saturated rings.